The molecule has 0 spiro atoms. The number of aromatic nitrogens is 2. The van der Waals surface area contributed by atoms with Gasteiger partial charge in [-0.1, -0.05) is 11.6 Å². The number of carbonyl (C=O) groups excluding carboxylic acids is 1. The molecule has 3 nitrogen and oxygen atoms in total. The first-order valence-electron chi connectivity index (χ1n) is 5.52. The molecule has 0 unspecified atom stereocenters. The molecule has 0 atom stereocenters. The number of nitrogens with zero attached hydrogens (tertiary/aromatic N) is 2. The van der Waals surface area contributed by atoms with Crippen molar-refractivity contribution in [1.82, 2.24) is 9.55 Å². The maximum Gasteiger partial charge on any atom is 0.164 e. The Morgan fingerprint density at radius 2 is 2.28 bits per heavy atom. The maximum absolute atomic E-state index is 12.1. The highest BCUT2D eigenvalue weighted by molar-refractivity contribution is 9.10. The fourth-order valence-electron chi connectivity index (χ4n) is 1.71. The number of imidazole rings is 1. The molecule has 0 saturated carbocycles. The summed E-state index contributed by atoms with van der Waals surface area (Å²) in [6, 6.07) is 5.20. The quantitative estimate of drug-likeness (QED) is 0.803. The van der Waals surface area contributed by atoms with Crippen molar-refractivity contribution in [1.29, 1.82) is 0 Å². The van der Waals surface area contributed by atoms with Crippen molar-refractivity contribution in [2.75, 3.05) is 0 Å². The summed E-state index contributed by atoms with van der Waals surface area (Å²) >= 11 is 9.20. The molecule has 94 valence electrons. The van der Waals surface area contributed by atoms with Gasteiger partial charge in [-0.15, -0.1) is 0 Å². The standard InChI is InChI=1S/C13H12BrClN2O/c1-17-7-6-16-13(17)5-4-12(18)10-3-2-9(15)8-11(10)14/h2-3,6-8H,4-5H2,1H3. The summed E-state index contributed by atoms with van der Waals surface area (Å²) in [5, 5.41) is 0.613. The molecule has 1 aromatic carbocycles. The fourth-order valence-corrected chi connectivity index (χ4v) is 2.62. The van der Waals surface area contributed by atoms with E-state index < -0.39 is 0 Å². The summed E-state index contributed by atoms with van der Waals surface area (Å²) in [7, 11) is 1.92. The maximum atomic E-state index is 12.1. The third kappa shape index (κ3) is 3.00. The molecule has 0 saturated heterocycles. The van der Waals surface area contributed by atoms with E-state index in [-0.39, 0.29) is 5.78 Å². The van der Waals surface area contributed by atoms with Crippen molar-refractivity contribution in [2.45, 2.75) is 12.8 Å². The number of hydrogen-bond donors (Lipinski definition) is 0. The highest BCUT2D eigenvalue weighted by Gasteiger charge is 2.11. The van der Waals surface area contributed by atoms with E-state index in [1.807, 2.05) is 17.8 Å². The molecule has 0 bridgehead atoms. The van der Waals surface area contributed by atoms with Crippen molar-refractivity contribution in [2.24, 2.45) is 7.05 Å². The van der Waals surface area contributed by atoms with Gasteiger partial charge in [0.2, 0.25) is 0 Å². The van der Waals surface area contributed by atoms with Crippen LogP contribution in [0.4, 0.5) is 0 Å². The third-order valence-corrected chi connectivity index (χ3v) is 3.62. The van der Waals surface area contributed by atoms with Crippen LogP contribution < -0.4 is 0 Å². The first-order valence-corrected chi connectivity index (χ1v) is 6.69. The van der Waals surface area contributed by atoms with E-state index in [0.717, 1.165) is 10.3 Å². The van der Waals surface area contributed by atoms with Crippen molar-refractivity contribution in [3.05, 3.63) is 51.5 Å². The Morgan fingerprint density at radius 3 is 2.89 bits per heavy atom. The number of hydrogen-bond acceptors (Lipinski definition) is 2. The molecule has 0 radical (unpaired) electrons. The Labute approximate surface area is 119 Å². The molecule has 1 heterocycles. The van der Waals surface area contributed by atoms with Crippen LogP contribution >= 0.6 is 27.5 Å². The molecule has 0 aliphatic carbocycles. The summed E-state index contributed by atoms with van der Waals surface area (Å²) in [6.45, 7) is 0. The predicted molar refractivity (Wildman–Crippen MR) is 75.0 cm³/mol. The van der Waals surface area contributed by atoms with Crippen LogP contribution in [0.15, 0.2) is 35.1 Å². The number of Topliss-reactive ketones (excluding diaryl/α,β-unsaturated/α-hetero) is 1. The Morgan fingerprint density at radius 1 is 1.50 bits per heavy atom. The highest BCUT2D eigenvalue weighted by Crippen LogP contribution is 2.23. The summed E-state index contributed by atoms with van der Waals surface area (Å²) in [4.78, 5) is 16.3. The Bertz CT molecular complexity index is 580. The van der Waals surface area contributed by atoms with E-state index >= 15 is 0 Å². The number of rotatable bonds is 4. The largest absolute Gasteiger partial charge is 0.338 e. The molecular formula is C13H12BrClN2O. The monoisotopic (exact) mass is 326 g/mol. The second-order valence-electron chi connectivity index (χ2n) is 4.00. The van der Waals surface area contributed by atoms with Crippen LogP contribution in [0, 0.1) is 0 Å². The fraction of sp³-hybridized carbons (Fsp3) is 0.231. The lowest BCUT2D eigenvalue weighted by Crippen LogP contribution is -2.05. The van der Waals surface area contributed by atoms with Crippen molar-refractivity contribution < 1.29 is 4.79 Å². The van der Waals surface area contributed by atoms with Gasteiger partial charge in [0.25, 0.3) is 0 Å². The van der Waals surface area contributed by atoms with E-state index in [0.29, 0.717) is 23.4 Å². The Kier molecular flexibility index (Phi) is 4.19. The lowest BCUT2D eigenvalue weighted by atomic mass is 10.1. The molecule has 18 heavy (non-hydrogen) atoms. The van der Waals surface area contributed by atoms with Gasteiger partial charge in [-0.2, -0.15) is 0 Å². The molecule has 5 heteroatoms. The van der Waals surface area contributed by atoms with Crippen molar-refractivity contribution >= 4 is 33.3 Å². The van der Waals surface area contributed by atoms with Gasteiger partial charge >= 0.3 is 0 Å². The molecule has 2 rings (SSSR count). The first kappa shape index (κ1) is 13.3. The second kappa shape index (κ2) is 5.67. The topological polar surface area (TPSA) is 34.9 Å². The van der Waals surface area contributed by atoms with Crippen LogP contribution in [-0.2, 0) is 13.5 Å². The highest BCUT2D eigenvalue weighted by atomic mass is 79.9. The molecule has 0 aliphatic heterocycles. The average molecular weight is 328 g/mol. The summed E-state index contributed by atoms with van der Waals surface area (Å²) in [5.74, 6) is 0.995. The van der Waals surface area contributed by atoms with Gasteiger partial charge in [-0.25, -0.2) is 4.98 Å². The van der Waals surface area contributed by atoms with Crippen molar-refractivity contribution in [3.8, 4) is 0 Å². The van der Waals surface area contributed by atoms with E-state index in [4.69, 9.17) is 11.6 Å². The first-order chi connectivity index (χ1) is 8.58. The van der Waals surface area contributed by atoms with E-state index in [9.17, 15) is 4.79 Å². The van der Waals surface area contributed by atoms with Crippen LogP contribution in [0.5, 0.6) is 0 Å². The smallest absolute Gasteiger partial charge is 0.164 e. The van der Waals surface area contributed by atoms with Gasteiger partial charge in [-0.05, 0) is 34.1 Å². The zero-order chi connectivity index (χ0) is 13.1. The summed E-state index contributed by atoms with van der Waals surface area (Å²) in [5.41, 5.74) is 0.661. The van der Waals surface area contributed by atoms with E-state index in [1.165, 1.54) is 0 Å². The zero-order valence-electron chi connectivity index (χ0n) is 9.86. The number of aryl methyl sites for hydroxylation is 2. The number of carbonyl (C=O) groups is 1. The van der Waals surface area contributed by atoms with E-state index in [1.54, 1.807) is 24.4 Å². The van der Waals surface area contributed by atoms with Crippen LogP contribution in [0.1, 0.15) is 22.6 Å². The lowest BCUT2D eigenvalue weighted by Gasteiger charge is -2.04. The SMILES string of the molecule is Cn1ccnc1CCC(=O)c1ccc(Cl)cc1Br. The number of ketones is 1. The lowest BCUT2D eigenvalue weighted by molar-refractivity contribution is 0.0981. The van der Waals surface area contributed by atoms with Gasteiger partial charge in [0.15, 0.2) is 5.78 Å². The van der Waals surface area contributed by atoms with Gasteiger partial charge in [0.1, 0.15) is 5.82 Å². The molecule has 0 fully saturated rings. The molecular weight excluding hydrogens is 316 g/mol. The number of halogens is 2. The minimum Gasteiger partial charge on any atom is -0.338 e. The van der Waals surface area contributed by atoms with Crippen LogP contribution in [0.3, 0.4) is 0 Å². The van der Waals surface area contributed by atoms with Crippen LogP contribution in [-0.4, -0.2) is 15.3 Å². The average Bonchev–Trinajstić information content (AvgIpc) is 2.72. The summed E-state index contributed by atoms with van der Waals surface area (Å²) < 4.78 is 2.66. The third-order valence-electron chi connectivity index (χ3n) is 2.73. The van der Waals surface area contributed by atoms with Gasteiger partial charge in [0.05, 0.1) is 0 Å². The second-order valence-corrected chi connectivity index (χ2v) is 5.29. The Hall–Kier alpha value is -1.13. The van der Waals surface area contributed by atoms with Gasteiger partial charge < -0.3 is 4.57 Å². The summed E-state index contributed by atoms with van der Waals surface area (Å²) in [6.07, 6.45) is 4.68. The van der Waals surface area contributed by atoms with Crippen LogP contribution in [0.2, 0.25) is 5.02 Å². The molecule has 0 N–H and O–H groups in total. The zero-order valence-corrected chi connectivity index (χ0v) is 12.2. The van der Waals surface area contributed by atoms with E-state index in [2.05, 4.69) is 20.9 Å². The van der Waals surface area contributed by atoms with Gasteiger partial charge in [0, 0.05) is 47.3 Å². The van der Waals surface area contributed by atoms with Gasteiger partial charge in [-0.3, -0.25) is 4.79 Å². The van der Waals surface area contributed by atoms with Crippen molar-refractivity contribution in [3.63, 3.8) is 0 Å². The van der Waals surface area contributed by atoms with Crippen LogP contribution in [0.25, 0.3) is 0 Å². The molecule has 0 aliphatic rings. The molecule has 2 aromatic rings. The Balaban J connectivity index is 2.06. The predicted octanol–water partition coefficient (Wildman–Crippen LogP) is 3.65. The molecule has 0 amide bonds. The minimum atomic E-state index is 0.0848. The molecule has 1 aromatic heterocycles. The number of benzene rings is 1. The minimum absolute atomic E-state index is 0.0848. The normalized spacial score (nSPS) is 10.6.